The Labute approximate surface area is 233 Å². The van der Waals surface area contributed by atoms with Gasteiger partial charge in [-0.25, -0.2) is 9.78 Å². The first kappa shape index (κ1) is 25.7. The van der Waals surface area contributed by atoms with E-state index in [1.165, 1.54) is 0 Å². The zero-order chi connectivity index (χ0) is 27.0. The quantitative estimate of drug-likeness (QED) is 0.439. The molecule has 2 amide bonds. The summed E-state index contributed by atoms with van der Waals surface area (Å²) in [6.07, 6.45) is 2.56. The molecule has 6 rings (SSSR count). The zero-order valence-electron chi connectivity index (χ0n) is 22.4. The van der Waals surface area contributed by atoms with Crippen LogP contribution in [0.2, 0.25) is 0 Å². The van der Waals surface area contributed by atoms with Crippen molar-refractivity contribution in [2.45, 2.75) is 63.9 Å². The lowest BCUT2D eigenvalue weighted by Gasteiger charge is -2.40. The molecule has 0 aliphatic carbocycles. The summed E-state index contributed by atoms with van der Waals surface area (Å²) < 4.78 is 11.7. The predicted octanol–water partition coefficient (Wildman–Crippen LogP) is 4.88. The van der Waals surface area contributed by atoms with Gasteiger partial charge in [0, 0.05) is 43.0 Å². The number of aromatic nitrogens is 1. The van der Waals surface area contributed by atoms with E-state index in [0.717, 1.165) is 40.5 Å². The molecule has 8 nitrogen and oxygen atoms in total. The van der Waals surface area contributed by atoms with Gasteiger partial charge in [-0.1, -0.05) is 59.9 Å². The van der Waals surface area contributed by atoms with Gasteiger partial charge in [-0.2, -0.15) is 0 Å². The Hall–Kier alpha value is -3.59. The summed E-state index contributed by atoms with van der Waals surface area (Å²) in [6, 6.07) is 19.7. The Morgan fingerprint density at radius 3 is 2.33 bits per heavy atom. The number of amides is 2. The lowest BCUT2D eigenvalue weighted by molar-refractivity contribution is -0.146. The van der Waals surface area contributed by atoms with Gasteiger partial charge >= 0.3 is 6.09 Å². The number of anilines is 1. The Morgan fingerprint density at radius 1 is 0.974 bits per heavy atom. The van der Waals surface area contributed by atoms with E-state index >= 15 is 0 Å². The number of hydrogen-bond donors (Lipinski definition) is 0. The molecule has 2 fully saturated rings. The summed E-state index contributed by atoms with van der Waals surface area (Å²) in [5, 5.41) is 1.01. The van der Waals surface area contributed by atoms with Crippen molar-refractivity contribution in [1.29, 1.82) is 0 Å². The molecule has 9 heteroatoms. The fourth-order valence-electron chi connectivity index (χ4n) is 5.85. The Kier molecular flexibility index (Phi) is 6.93. The number of thiazole rings is 1. The number of benzene rings is 2. The van der Waals surface area contributed by atoms with Crippen molar-refractivity contribution in [3.63, 3.8) is 0 Å². The molecule has 3 aromatic rings. The maximum Gasteiger partial charge on any atom is 0.410 e. The summed E-state index contributed by atoms with van der Waals surface area (Å²) in [4.78, 5) is 38.6. The van der Waals surface area contributed by atoms with E-state index in [1.54, 1.807) is 11.3 Å². The summed E-state index contributed by atoms with van der Waals surface area (Å²) in [7, 11) is 0. The van der Waals surface area contributed by atoms with Crippen LogP contribution in [0.3, 0.4) is 0 Å². The van der Waals surface area contributed by atoms with E-state index in [-0.39, 0.29) is 30.7 Å². The average molecular weight is 547 g/mol. The molecule has 204 valence electrons. The van der Waals surface area contributed by atoms with Crippen LogP contribution in [0.4, 0.5) is 9.93 Å². The molecule has 3 aliphatic rings. The molecule has 0 radical (unpaired) electrons. The Balaban J connectivity index is 1.09. The van der Waals surface area contributed by atoms with E-state index in [0.29, 0.717) is 31.9 Å². The number of para-hydroxylation sites is 1. The number of fused-ring (bicyclic) bond motifs is 3. The van der Waals surface area contributed by atoms with Crippen molar-refractivity contribution in [2.75, 3.05) is 24.5 Å². The highest BCUT2D eigenvalue weighted by Crippen LogP contribution is 2.40. The van der Waals surface area contributed by atoms with Crippen molar-refractivity contribution < 1.29 is 19.1 Å². The maximum atomic E-state index is 13.4. The third-order valence-corrected chi connectivity index (χ3v) is 8.90. The number of rotatable bonds is 6. The second-order valence-corrected chi connectivity index (χ2v) is 12.1. The van der Waals surface area contributed by atoms with Crippen LogP contribution >= 0.6 is 11.3 Å². The first-order chi connectivity index (χ1) is 18.9. The molecule has 1 aromatic heterocycles. The number of carbonyl (C=O) groups is 2. The predicted molar refractivity (Wildman–Crippen MR) is 150 cm³/mol. The van der Waals surface area contributed by atoms with Crippen LogP contribution in [0.25, 0.3) is 0 Å². The van der Waals surface area contributed by atoms with Gasteiger partial charge in [0.25, 0.3) is 5.91 Å². The second kappa shape index (κ2) is 10.5. The highest BCUT2D eigenvalue weighted by molar-refractivity contribution is 7.15. The molecule has 2 atom stereocenters. The second-order valence-electron chi connectivity index (χ2n) is 11.0. The standard InChI is InChI=1S/C30H34N4O4S/c1-30(2,38-24-11-7-4-8-12-24)27(35)32-16-15-25-26(19-32)39-28(31-25)34-22-13-14-23(34)18-33(17-22)29(36)37-20-21-9-5-3-6-10-21/h3-12,22-23H,13-20H2,1-2H3. The topological polar surface area (TPSA) is 75.2 Å². The minimum Gasteiger partial charge on any atom is -0.478 e. The summed E-state index contributed by atoms with van der Waals surface area (Å²) in [6.45, 7) is 6.42. The van der Waals surface area contributed by atoms with Gasteiger partial charge in [-0.05, 0) is 44.4 Å². The van der Waals surface area contributed by atoms with Crippen molar-refractivity contribution in [3.8, 4) is 5.75 Å². The van der Waals surface area contributed by atoms with Crippen molar-refractivity contribution in [3.05, 3.63) is 76.8 Å². The number of hydrogen-bond acceptors (Lipinski definition) is 7. The fourth-order valence-corrected chi connectivity index (χ4v) is 7.11. The Bertz CT molecular complexity index is 1320. The van der Waals surface area contributed by atoms with E-state index in [2.05, 4.69) is 4.90 Å². The lowest BCUT2D eigenvalue weighted by atomic mass is 10.1. The molecule has 0 spiro atoms. The lowest BCUT2D eigenvalue weighted by Crippen LogP contribution is -2.55. The van der Waals surface area contributed by atoms with Crippen molar-refractivity contribution in [2.24, 2.45) is 0 Å². The van der Waals surface area contributed by atoms with E-state index in [1.807, 2.05) is 84.3 Å². The van der Waals surface area contributed by atoms with Crippen LogP contribution in [-0.2, 0) is 29.1 Å². The molecule has 0 saturated carbocycles. The summed E-state index contributed by atoms with van der Waals surface area (Å²) >= 11 is 1.69. The number of nitrogens with zero attached hydrogens (tertiary/aromatic N) is 4. The number of ether oxygens (including phenoxy) is 2. The van der Waals surface area contributed by atoms with Crippen LogP contribution in [0.1, 0.15) is 42.8 Å². The molecular formula is C30H34N4O4S. The number of likely N-dealkylation sites (tertiary alicyclic amines) is 1. The van der Waals surface area contributed by atoms with Gasteiger partial charge in [0.15, 0.2) is 10.7 Å². The largest absolute Gasteiger partial charge is 0.478 e. The van der Waals surface area contributed by atoms with Crippen molar-refractivity contribution >= 4 is 28.5 Å². The number of piperazine rings is 1. The van der Waals surface area contributed by atoms with Crippen LogP contribution in [0.15, 0.2) is 60.7 Å². The first-order valence-electron chi connectivity index (χ1n) is 13.6. The summed E-state index contributed by atoms with van der Waals surface area (Å²) in [5.74, 6) is 0.668. The first-order valence-corrected chi connectivity index (χ1v) is 14.4. The molecule has 39 heavy (non-hydrogen) atoms. The molecule has 3 aliphatic heterocycles. The van der Waals surface area contributed by atoms with Gasteiger partial charge in [0.1, 0.15) is 12.4 Å². The smallest absolute Gasteiger partial charge is 0.410 e. The summed E-state index contributed by atoms with van der Waals surface area (Å²) in [5.41, 5.74) is 1.12. The zero-order valence-corrected chi connectivity index (χ0v) is 23.2. The van der Waals surface area contributed by atoms with Gasteiger partial charge in [0.2, 0.25) is 0 Å². The van der Waals surface area contributed by atoms with E-state index in [4.69, 9.17) is 14.5 Å². The highest BCUT2D eigenvalue weighted by Gasteiger charge is 2.44. The Morgan fingerprint density at radius 2 is 1.64 bits per heavy atom. The molecule has 2 saturated heterocycles. The van der Waals surface area contributed by atoms with Crippen LogP contribution in [0.5, 0.6) is 5.75 Å². The minimum absolute atomic E-state index is 0.0188. The van der Waals surface area contributed by atoms with E-state index in [9.17, 15) is 9.59 Å². The monoisotopic (exact) mass is 546 g/mol. The highest BCUT2D eigenvalue weighted by atomic mass is 32.1. The van der Waals surface area contributed by atoms with Crippen LogP contribution in [-0.4, -0.2) is 64.1 Å². The van der Waals surface area contributed by atoms with E-state index < -0.39 is 5.60 Å². The third kappa shape index (κ3) is 5.32. The van der Waals surface area contributed by atoms with Gasteiger partial charge < -0.3 is 24.2 Å². The number of carbonyl (C=O) groups excluding carboxylic acids is 2. The third-order valence-electron chi connectivity index (χ3n) is 7.80. The van der Waals surface area contributed by atoms with Gasteiger partial charge in [-0.15, -0.1) is 0 Å². The normalized spacial score (nSPS) is 20.5. The van der Waals surface area contributed by atoms with Gasteiger partial charge in [-0.3, -0.25) is 4.79 Å². The van der Waals surface area contributed by atoms with Crippen LogP contribution in [0, 0.1) is 0 Å². The molecule has 2 unspecified atom stereocenters. The minimum atomic E-state index is -0.961. The van der Waals surface area contributed by atoms with Crippen LogP contribution < -0.4 is 9.64 Å². The molecule has 4 heterocycles. The molecular weight excluding hydrogens is 512 g/mol. The maximum absolute atomic E-state index is 13.4. The molecule has 2 bridgehead atoms. The molecule has 0 N–H and O–H groups in total. The molecule has 2 aromatic carbocycles. The SMILES string of the molecule is CC(C)(Oc1ccccc1)C(=O)N1CCc2nc(N3C4CCC3CN(C(=O)OCc3ccccc3)C4)sc2C1. The van der Waals surface area contributed by atoms with Gasteiger partial charge in [0.05, 0.1) is 12.2 Å². The average Bonchev–Trinajstić information content (AvgIpc) is 3.48. The fraction of sp³-hybridized carbons (Fsp3) is 0.433. The van der Waals surface area contributed by atoms with Crippen molar-refractivity contribution in [1.82, 2.24) is 14.8 Å².